The lowest BCUT2D eigenvalue weighted by molar-refractivity contribution is -0.121. The predicted molar refractivity (Wildman–Crippen MR) is 93.4 cm³/mol. The molecule has 0 saturated carbocycles. The molecule has 124 valence electrons. The van der Waals surface area contributed by atoms with Crippen LogP contribution in [0.1, 0.15) is 24.1 Å². The van der Waals surface area contributed by atoms with Crippen LogP contribution in [-0.4, -0.2) is 32.4 Å². The maximum absolute atomic E-state index is 12.3. The molecular formula is C16H15Cl2N5O. The Bertz CT molecular complexity index is 975. The molecule has 1 aliphatic heterocycles. The lowest BCUT2D eigenvalue weighted by Crippen LogP contribution is -2.26. The molecule has 0 radical (unpaired) electrons. The van der Waals surface area contributed by atoms with Gasteiger partial charge < -0.3 is 10.3 Å². The summed E-state index contributed by atoms with van der Waals surface area (Å²) in [5, 5.41) is 13.3. The first-order valence-corrected chi connectivity index (χ1v) is 8.39. The molecule has 0 spiro atoms. The summed E-state index contributed by atoms with van der Waals surface area (Å²) in [6, 6.07) is 1.79. The van der Waals surface area contributed by atoms with E-state index in [0.717, 1.165) is 27.7 Å². The number of carbonyl (C=O) groups is 1. The number of amides is 1. The molecule has 0 aliphatic carbocycles. The summed E-state index contributed by atoms with van der Waals surface area (Å²) in [4.78, 5) is 17.2. The number of nitrogens with one attached hydrogen (secondary N) is 2. The van der Waals surface area contributed by atoms with Crippen LogP contribution in [0.2, 0.25) is 10.0 Å². The number of fused-ring (bicyclic) bond motifs is 3. The van der Waals surface area contributed by atoms with Gasteiger partial charge in [-0.1, -0.05) is 23.2 Å². The molecular weight excluding hydrogens is 349 g/mol. The molecule has 1 aliphatic rings. The van der Waals surface area contributed by atoms with E-state index in [0.29, 0.717) is 28.7 Å². The van der Waals surface area contributed by atoms with Crippen LogP contribution in [0.25, 0.3) is 22.2 Å². The summed E-state index contributed by atoms with van der Waals surface area (Å²) in [6.45, 7) is 2.49. The van der Waals surface area contributed by atoms with E-state index in [2.05, 4.69) is 20.5 Å². The summed E-state index contributed by atoms with van der Waals surface area (Å²) in [7, 11) is 1.76. The molecule has 3 heterocycles. The van der Waals surface area contributed by atoms with Gasteiger partial charge in [-0.3, -0.25) is 4.79 Å². The fourth-order valence-electron chi connectivity index (χ4n) is 3.33. The van der Waals surface area contributed by atoms with Gasteiger partial charge >= 0.3 is 0 Å². The van der Waals surface area contributed by atoms with Crippen molar-refractivity contribution in [3.05, 3.63) is 33.6 Å². The molecule has 1 aromatic carbocycles. The Kier molecular flexibility index (Phi) is 3.54. The number of rotatable bonds is 1. The van der Waals surface area contributed by atoms with Crippen molar-refractivity contribution in [2.45, 2.75) is 19.3 Å². The molecule has 0 bridgehead atoms. The van der Waals surface area contributed by atoms with E-state index in [1.54, 1.807) is 19.3 Å². The Morgan fingerprint density at radius 2 is 2.17 bits per heavy atom. The monoisotopic (exact) mass is 363 g/mol. The highest BCUT2D eigenvalue weighted by atomic mass is 35.5. The summed E-state index contributed by atoms with van der Waals surface area (Å²) in [5.74, 6) is -0.283. The number of hydrogen-bond acceptors (Lipinski definition) is 3. The van der Waals surface area contributed by atoms with Gasteiger partial charge in [-0.25, -0.2) is 0 Å². The van der Waals surface area contributed by atoms with E-state index in [4.69, 9.17) is 23.2 Å². The second-order valence-electron chi connectivity index (χ2n) is 5.97. The van der Waals surface area contributed by atoms with Gasteiger partial charge in [0, 0.05) is 36.7 Å². The minimum absolute atomic E-state index is 0.00539. The van der Waals surface area contributed by atoms with Crippen molar-refractivity contribution in [1.82, 2.24) is 25.3 Å². The van der Waals surface area contributed by atoms with Crippen LogP contribution in [0, 0.1) is 0 Å². The number of aromatic nitrogens is 4. The van der Waals surface area contributed by atoms with E-state index >= 15 is 0 Å². The van der Waals surface area contributed by atoms with Crippen molar-refractivity contribution in [3.8, 4) is 11.3 Å². The zero-order valence-corrected chi connectivity index (χ0v) is 14.7. The van der Waals surface area contributed by atoms with Crippen molar-refractivity contribution in [3.63, 3.8) is 0 Å². The molecule has 3 aromatic rings. The van der Waals surface area contributed by atoms with Gasteiger partial charge in [0.15, 0.2) is 0 Å². The highest BCUT2D eigenvalue weighted by molar-refractivity contribution is 6.45. The number of halogens is 2. The largest absolute Gasteiger partial charge is 0.357 e. The van der Waals surface area contributed by atoms with Crippen molar-refractivity contribution in [2.24, 2.45) is 7.05 Å². The molecule has 0 fully saturated rings. The van der Waals surface area contributed by atoms with E-state index in [1.165, 1.54) is 4.80 Å². The maximum Gasteiger partial charge on any atom is 0.227 e. The first-order chi connectivity index (χ1) is 11.5. The average molecular weight is 364 g/mol. The lowest BCUT2D eigenvalue weighted by atomic mass is 9.93. The standard InChI is InChI=1S/C16H15Cl2N5O/c1-7-12-10(3-4-19-16(7)24)21-15-13(12)8(5-9(17)14(15)18)11-6-20-23(2)22-11/h5-7,21H,3-4H2,1-2H3,(H,19,24)/t7-/m0/s1. The third-order valence-corrected chi connectivity index (χ3v) is 5.25. The molecule has 4 rings (SSSR count). The van der Waals surface area contributed by atoms with Gasteiger partial charge in [-0.2, -0.15) is 15.0 Å². The Morgan fingerprint density at radius 3 is 2.88 bits per heavy atom. The first-order valence-electron chi connectivity index (χ1n) is 7.64. The van der Waals surface area contributed by atoms with Crippen LogP contribution in [0.15, 0.2) is 12.3 Å². The van der Waals surface area contributed by atoms with E-state index in [9.17, 15) is 4.79 Å². The van der Waals surface area contributed by atoms with Gasteiger partial charge in [-0.05, 0) is 18.6 Å². The molecule has 8 heteroatoms. The van der Waals surface area contributed by atoms with Gasteiger partial charge in [0.25, 0.3) is 0 Å². The number of H-pyrrole nitrogens is 1. The van der Waals surface area contributed by atoms with Crippen LogP contribution in [0.4, 0.5) is 0 Å². The lowest BCUT2D eigenvalue weighted by Gasteiger charge is -2.11. The molecule has 24 heavy (non-hydrogen) atoms. The van der Waals surface area contributed by atoms with Crippen LogP contribution in [0.3, 0.4) is 0 Å². The number of aromatic amines is 1. The Balaban J connectivity index is 2.11. The van der Waals surface area contributed by atoms with Crippen LogP contribution < -0.4 is 5.32 Å². The number of nitrogens with zero attached hydrogens (tertiary/aromatic N) is 3. The van der Waals surface area contributed by atoms with Gasteiger partial charge in [-0.15, -0.1) is 0 Å². The van der Waals surface area contributed by atoms with Gasteiger partial charge in [0.1, 0.15) is 5.69 Å². The van der Waals surface area contributed by atoms with E-state index < -0.39 is 0 Å². The van der Waals surface area contributed by atoms with Crippen molar-refractivity contribution < 1.29 is 4.79 Å². The van der Waals surface area contributed by atoms with Crippen LogP contribution in [0.5, 0.6) is 0 Å². The average Bonchev–Trinajstić information content (AvgIpc) is 3.11. The number of hydrogen-bond donors (Lipinski definition) is 2. The number of carbonyl (C=O) groups excluding carboxylic acids is 1. The minimum atomic E-state index is -0.288. The SMILES string of the molecule is C[C@@H]1C(=O)NCCc2[nH]c3c(Cl)c(Cl)cc(-c4cnn(C)n4)c3c21. The normalized spacial score (nSPS) is 17.7. The molecule has 1 atom stereocenters. The second-order valence-corrected chi connectivity index (χ2v) is 6.75. The summed E-state index contributed by atoms with van der Waals surface area (Å²) < 4.78 is 0. The first kappa shape index (κ1) is 15.5. The Morgan fingerprint density at radius 1 is 1.38 bits per heavy atom. The molecule has 0 saturated heterocycles. The van der Waals surface area contributed by atoms with E-state index in [1.807, 2.05) is 6.92 Å². The summed E-state index contributed by atoms with van der Waals surface area (Å²) in [5.41, 5.74) is 4.23. The van der Waals surface area contributed by atoms with E-state index in [-0.39, 0.29) is 11.8 Å². The molecule has 6 nitrogen and oxygen atoms in total. The number of benzene rings is 1. The highest BCUT2D eigenvalue weighted by Gasteiger charge is 2.29. The summed E-state index contributed by atoms with van der Waals surface area (Å²) >= 11 is 12.8. The maximum atomic E-state index is 12.3. The molecule has 2 aromatic heterocycles. The zero-order chi connectivity index (χ0) is 17.0. The quantitative estimate of drug-likeness (QED) is 0.697. The topological polar surface area (TPSA) is 75.6 Å². The predicted octanol–water partition coefficient (Wildman–Crippen LogP) is 3.05. The molecule has 1 amide bonds. The van der Waals surface area contributed by atoms with Gasteiger partial charge in [0.05, 0.1) is 27.7 Å². The fraction of sp³-hybridized carbons (Fsp3) is 0.312. The van der Waals surface area contributed by atoms with Crippen LogP contribution in [-0.2, 0) is 18.3 Å². The second kappa shape index (κ2) is 5.50. The zero-order valence-electron chi connectivity index (χ0n) is 13.2. The summed E-state index contributed by atoms with van der Waals surface area (Å²) in [6.07, 6.45) is 2.40. The smallest absolute Gasteiger partial charge is 0.227 e. The van der Waals surface area contributed by atoms with Gasteiger partial charge in [0.2, 0.25) is 5.91 Å². The van der Waals surface area contributed by atoms with Crippen molar-refractivity contribution in [2.75, 3.05) is 6.54 Å². The van der Waals surface area contributed by atoms with Crippen molar-refractivity contribution in [1.29, 1.82) is 0 Å². The Labute approximate surface area is 148 Å². The molecule has 2 N–H and O–H groups in total. The van der Waals surface area contributed by atoms with Crippen molar-refractivity contribution >= 4 is 40.0 Å². The third kappa shape index (κ3) is 2.21. The fourth-order valence-corrected chi connectivity index (χ4v) is 3.73. The third-order valence-electron chi connectivity index (χ3n) is 4.47. The van der Waals surface area contributed by atoms with Crippen LogP contribution >= 0.6 is 23.2 Å². The number of aryl methyl sites for hydroxylation is 1. The highest BCUT2D eigenvalue weighted by Crippen LogP contribution is 2.43. The molecule has 0 unspecified atom stereocenters. The minimum Gasteiger partial charge on any atom is -0.357 e. The Hall–Kier alpha value is -2.05.